The number of nitrogens with one attached hydrogen (secondary N) is 2. The summed E-state index contributed by atoms with van der Waals surface area (Å²) < 4.78 is 84.3. The number of alkyl halides is 2. The second-order valence-electron chi connectivity index (χ2n) is 10.0. The van der Waals surface area contributed by atoms with E-state index in [9.17, 15) is 18.7 Å². The van der Waals surface area contributed by atoms with Crippen LogP contribution < -0.4 is 15.8 Å². The van der Waals surface area contributed by atoms with Gasteiger partial charge in [0.15, 0.2) is 5.60 Å². The summed E-state index contributed by atoms with van der Waals surface area (Å²) in [5.41, 5.74) is 1.19. The number of phosphoric ester groups is 1. The Bertz CT molecular complexity index is 1920. The summed E-state index contributed by atoms with van der Waals surface area (Å²) in [5.74, 6) is -0.883. The van der Waals surface area contributed by atoms with Crippen LogP contribution in [0.1, 0.15) is 33.5 Å². The van der Waals surface area contributed by atoms with Crippen molar-refractivity contribution in [3.05, 3.63) is 130 Å². The van der Waals surface area contributed by atoms with Crippen molar-refractivity contribution in [1.29, 1.82) is 5.26 Å². The second kappa shape index (κ2) is 13.6. The number of nitrogens with zero attached hydrogens (tertiary/aromatic N) is 4. The van der Waals surface area contributed by atoms with Crippen LogP contribution in [0.3, 0.4) is 0 Å². The molecule has 0 saturated heterocycles. The molecule has 1 aromatic heterocycles. The summed E-state index contributed by atoms with van der Waals surface area (Å²) >= 11 is 0. The van der Waals surface area contributed by atoms with Crippen LogP contribution in [-0.4, -0.2) is 32.7 Å². The first-order chi connectivity index (χ1) is 22.4. The maximum absolute atomic E-state index is 16.5. The molecule has 11 nitrogen and oxygen atoms in total. The Labute approximate surface area is 265 Å². The molecule has 1 atom stereocenters. The molecule has 0 amide bonds. The molecule has 47 heavy (non-hydrogen) atoms. The molecule has 5 rings (SSSR count). The van der Waals surface area contributed by atoms with E-state index in [-0.39, 0.29) is 18.2 Å². The molecule has 0 fully saturated rings. The number of nitriles is 1. The third kappa shape index (κ3) is 7.76. The van der Waals surface area contributed by atoms with Crippen molar-refractivity contribution in [2.75, 3.05) is 6.54 Å². The van der Waals surface area contributed by atoms with E-state index in [1.165, 1.54) is 6.07 Å². The molecule has 2 heterocycles. The van der Waals surface area contributed by atoms with Gasteiger partial charge in [-0.3, -0.25) is 14.5 Å². The third-order valence-electron chi connectivity index (χ3n) is 6.78. The van der Waals surface area contributed by atoms with Crippen LogP contribution in [0.2, 0.25) is 0 Å². The molecule has 0 aliphatic carbocycles. The van der Waals surface area contributed by atoms with E-state index in [0.29, 0.717) is 29.0 Å². The predicted octanol–water partition coefficient (Wildman–Crippen LogP) is 4.57. The Kier molecular flexibility index (Phi) is 9.58. The van der Waals surface area contributed by atoms with E-state index in [2.05, 4.69) is 33.0 Å². The fourth-order valence-electron chi connectivity index (χ4n) is 4.53. The zero-order chi connectivity index (χ0) is 33.7. The van der Waals surface area contributed by atoms with Crippen molar-refractivity contribution in [3.8, 4) is 23.7 Å². The van der Waals surface area contributed by atoms with E-state index in [1.54, 1.807) is 48.5 Å². The van der Waals surface area contributed by atoms with Crippen molar-refractivity contribution < 1.29 is 41.2 Å². The summed E-state index contributed by atoms with van der Waals surface area (Å²) in [5, 5.41) is 13.3. The Morgan fingerprint density at radius 2 is 1.62 bits per heavy atom. The highest BCUT2D eigenvalue weighted by Crippen LogP contribution is 2.56. The zero-order valence-electron chi connectivity index (χ0n) is 23.9. The Morgan fingerprint density at radius 1 is 0.936 bits per heavy atom. The predicted molar refractivity (Wildman–Crippen MR) is 159 cm³/mol. The van der Waals surface area contributed by atoms with Crippen LogP contribution in [0.15, 0.2) is 90.2 Å². The average molecular weight is 667 g/mol. The molecule has 1 aliphatic heterocycles. The molecule has 3 aromatic carbocycles. The molecule has 4 N–H and O–H groups in total. The monoisotopic (exact) mass is 666 g/mol. The number of rotatable bonds is 10. The van der Waals surface area contributed by atoms with Gasteiger partial charge in [0.1, 0.15) is 36.0 Å². The summed E-state index contributed by atoms with van der Waals surface area (Å²) in [7, 11) is -5.77. The fourth-order valence-corrected chi connectivity index (χ4v) is 5.21. The molecule has 1 unspecified atom stereocenters. The van der Waals surface area contributed by atoms with E-state index in [1.807, 2.05) is 6.07 Å². The van der Waals surface area contributed by atoms with Gasteiger partial charge in [-0.1, -0.05) is 24.0 Å². The molecule has 1 aliphatic rings. The molecule has 16 heteroatoms. The van der Waals surface area contributed by atoms with Gasteiger partial charge in [-0.05, 0) is 66.2 Å². The Balaban J connectivity index is 1.39. The number of ether oxygens (including phenoxy) is 1. The molecule has 4 aromatic rings. The van der Waals surface area contributed by atoms with Gasteiger partial charge in [-0.2, -0.15) is 19.1 Å². The van der Waals surface area contributed by atoms with Crippen molar-refractivity contribution >= 4 is 14.2 Å². The summed E-state index contributed by atoms with van der Waals surface area (Å²) in [6.45, 7) is -0.840. The lowest BCUT2D eigenvalue weighted by atomic mass is 9.84. The largest absolute Gasteiger partial charge is 0.489 e. The highest BCUT2D eigenvalue weighted by molar-refractivity contribution is 7.46. The summed E-state index contributed by atoms with van der Waals surface area (Å²) in [6, 6.07) is 19.4. The van der Waals surface area contributed by atoms with Gasteiger partial charge < -0.3 is 14.5 Å². The SMILES string of the molecule is N#Cc1ccc(COc2ccc(C#Cc3ccc(C(F)(F)C(CN4C=NNN4)(OP(=O)(O)O)c4ccc(F)cc4F)nc3)cc2)cc1. The lowest BCUT2D eigenvalue weighted by molar-refractivity contribution is -0.197. The Morgan fingerprint density at radius 3 is 2.21 bits per heavy atom. The maximum Gasteiger partial charge on any atom is 0.470 e. The van der Waals surface area contributed by atoms with Gasteiger partial charge in [-0.25, -0.2) is 18.9 Å². The summed E-state index contributed by atoms with van der Waals surface area (Å²) in [4.78, 5) is 23.2. The lowest BCUT2D eigenvalue weighted by Crippen LogP contribution is -2.56. The van der Waals surface area contributed by atoms with E-state index < -0.39 is 48.8 Å². The van der Waals surface area contributed by atoms with Crippen LogP contribution in [0.25, 0.3) is 0 Å². The number of pyridine rings is 1. The molecule has 240 valence electrons. The van der Waals surface area contributed by atoms with Crippen LogP contribution in [0, 0.1) is 34.8 Å². The maximum atomic E-state index is 16.5. The minimum Gasteiger partial charge on any atom is -0.489 e. The lowest BCUT2D eigenvalue weighted by Gasteiger charge is -2.41. The first kappa shape index (κ1) is 33.1. The topological polar surface area (TPSA) is 152 Å². The van der Waals surface area contributed by atoms with Gasteiger partial charge in [-0.15, -0.1) is 5.53 Å². The van der Waals surface area contributed by atoms with Gasteiger partial charge in [0.2, 0.25) is 0 Å². The van der Waals surface area contributed by atoms with Gasteiger partial charge >= 0.3 is 13.7 Å². The van der Waals surface area contributed by atoms with Crippen LogP contribution in [0.4, 0.5) is 17.6 Å². The minimum atomic E-state index is -5.77. The van der Waals surface area contributed by atoms with Gasteiger partial charge in [0, 0.05) is 29.0 Å². The Hall–Kier alpha value is -5.28. The first-order valence-electron chi connectivity index (χ1n) is 13.5. The van der Waals surface area contributed by atoms with E-state index >= 15 is 13.2 Å². The van der Waals surface area contributed by atoms with E-state index in [0.717, 1.165) is 29.2 Å². The smallest absolute Gasteiger partial charge is 0.470 e. The molecule has 0 radical (unpaired) electrons. The fraction of sp³-hybridized carbons (Fsp3) is 0.129. The quantitative estimate of drug-likeness (QED) is 0.108. The molecule has 0 spiro atoms. The van der Waals surface area contributed by atoms with E-state index in [4.69, 9.17) is 14.5 Å². The van der Waals surface area contributed by atoms with Crippen LogP contribution in [-0.2, 0) is 27.2 Å². The van der Waals surface area contributed by atoms with Crippen molar-refractivity contribution in [1.82, 2.24) is 21.1 Å². The first-order valence-corrected chi connectivity index (χ1v) is 15.0. The highest BCUT2D eigenvalue weighted by Gasteiger charge is 2.63. The normalized spacial score (nSPS) is 14.0. The highest BCUT2D eigenvalue weighted by atomic mass is 31.2. The zero-order valence-corrected chi connectivity index (χ0v) is 24.8. The number of hydrazine groups is 2. The molecule has 0 saturated carbocycles. The number of hydrazone groups is 1. The second-order valence-corrected chi connectivity index (χ2v) is 11.2. The number of hydrogen-bond donors (Lipinski definition) is 4. The van der Waals surface area contributed by atoms with Crippen LogP contribution in [0.5, 0.6) is 5.75 Å². The molecular weight excluding hydrogens is 643 g/mol. The molecule has 0 bridgehead atoms. The minimum absolute atomic E-state index is 0.206. The van der Waals surface area contributed by atoms with Crippen molar-refractivity contribution in [3.63, 3.8) is 0 Å². The van der Waals surface area contributed by atoms with Crippen molar-refractivity contribution in [2.45, 2.75) is 18.1 Å². The van der Waals surface area contributed by atoms with Gasteiger partial charge in [0.25, 0.3) is 0 Å². The number of hydrogen-bond acceptors (Lipinski definition) is 9. The average Bonchev–Trinajstić information content (AvgIpc) is 3.55. The van der Waals surface area contributed by atoms with Crippen molar-refractivity contribution in [2.24, 2.45) is 5.10 Å². The summed E-state index contributed by atoms with van der Waals surface area (Å²) in [6.07, 6.45) is 1.96. The number of phosphoric acid groups is 1. The third-order valence-corrected chi connectivity index (χ3v) is 7.33. The number of halogens is 4. The standard InChI is InChI=1S/C31H23F4N6O5P/c32-25-10-13-27(28(33)15-25)30(46-47(42,43)44,19-41-20-38-39-40-41)31(34,35)29-14-9-23(17-37-29)4-1-21-7-11-26(12-8-21)45-18-24-5-2-22(16-36)3-6-24/h2-3,5-15,17,20,39-40H,18-19H2,(H2,42,43,44). The number of benzene rings is 3. The van der Waals surface area contributed by atoms with Crippen LogP contribution >= 0.6 is 7.82 Å². The molecular formula is C31H23F4N6O5P. The van der Waals surface area contributed by atoms with Gasteiger partial charge in [0.05, 0.1) is 18.2 Å². The number of aromatic nitrogens is 1.